The minimum absolute atomic E-state index is 0.153. The van der Waals surface area contributed by atoms with Crippen molar-refractivity contribution < 1.29 is 19.1 Å². The minimum atomic E-state index is -0.552. The summed E-state index contributed by atoms with van der Waals surface area (Å²) in [6.45, 7) is 0. The number of alkyl halides is 2. The Morgan fingerprint density at radius 2 is 1.20 bits per heavy atom. The molecule has 5 nitrogen and oxygen atoms in total. The molecule has 1 saturated heterocycles. The minimum Gasteiger partial charge on any atom is -0.449 e. The number of hydrogen-bond acceptors (Lipinski definition) is 4. The molecule has 2 fully saturated rings. The van der Waals surface area contributed by atoms with E-state index in [4.69, 9.17) is 4.74 Å². The standard InChI is InChI=1S/C28H23Br2NO4/c29-23-15-21-22(16-24(23)30)27(33)31(26(21)32)20-13-11-19(12-14-20)28(34)35-25(17-7-3-1-4-8-17)18-9-5-2-6-10-18/h1-14,21-25H,15-16H2/t21-,22-,23+,24+/m1/s1. The molecule has 1 heterocycles. The smallest absolute Gasteiger partial charge is 0.339 e. The lowest BCUT2D eigenvalue weighted by Gasteiger charge is -2.29. The fraction of sp³-hybridized carbons (Fsp3) is 0.250. The molecule has 7 heteroatoms. The lowest BCUT2D eigenvalue weighted by Crippen LogP contribution is -2.34. The van der Waals surface area contributed by atoms with Crippen molar-refractivity contribution in [2.75, 3.05) is 4.90 Å². The summed E-state index contributed by atoms with van der Waals surface area (Å²) in [6, 6.07) is 25.6. The van der Waals surface area contributed by atoms with Crippen molar-refractivity contribution in [1.29, 1.82) is 0 Å². The Hall–Kier alpha value is -2.77. The van der Waals surface area contributed by atoms with Crippen molar-refractivity contribution in [3.8, 4) is 0 Å². The number of imide groups is 1. The van der Waals surface area contributed by atoms with E-state index in [1.165, 1.54) is 4.90 Å². The molecule has 1 aliphatic carbocycles. The van der Waals surface area contributed by atoms with Gasteiger partial charge in [-0.2, -0.15) is 0 Å². The zero-order chi connectivity index (χ0) is 24.5. The molecule has 0 radical (unpaired) electrons. The summed E-state index contributed by atoms with van der Waals surface area (Å²) in [5.41, 5.74) is 2.57. The maximum atomic E-state index is 13.1. The second-order valence-electron chi connectivity index (χ2n) is 8.88. The number of hydrogen-bond donors (Lipinski definition) is 0. The number of benzene rings is 3. The summed E-state index contributed by atoms with van der Waals surface area (Å²) in [5.74, 6) is -1.46. The Kier molecular flexibility index (Phi) is 6.89. The summed E-state index contributed by atoms with van der Waals surface area (Å²) >= 11 is 7.22. The monoisotopic (exact) mass is 595 g/mol. The van der Waals surface area contributed by atoms with Crippen LogP contribution in [0.1, 0.15) is 40.4 Å². The fourth-order valence-electron chi connectivity index (χ4n) is 4.86. The number of rotatable bonds is 5. The first-order valence-electron chi connectivity index (χ1n) is 11.5. The third-order valence-electron chi connectivity index (χ3n) is 6.70. The van der Waals surface area contributed by atoms with E-state index >= 15 is 0 Å². The zero-order valence-electron chi connectivity index (χ0n) is 18.7. The van der Waals surface area contributed by atoms with Gasteiger partial charge in [0.2, 0.25) is 11.8 Å². The Bertz CT molecular complexity index is 1170. The van der Waals surface area contributed by atoms with E-state index in [1.54, 1.807) is 24.3 Å². The molecule has 0 unspecified atom stereocenters. The molecule has 0 N–H and O–H groups in total. The van der Waals surface area contributed by atoms with E-state index in [0.29, 0.717) is 24.1 Å². The SMILES string of the molecule is O=C(OC(c1ccccc1)c1ccccc1)c1ccc(N2C(=O)[C@@H]3C[C@H](Br)[C@@H](Br)C[C@H]3C2=O)cc1. The van der Waals surface area contributed by atoms with Crippen LogP contribution in [0, 0.1) is 11.8 Å². The molecule has 2 amide bonds. The number of nitrogens with zero attached hydrogens (tertiary/aromatic N) is 1. The second-order valence-corrected chi connectivity index (χ2v) is 11.2. The number of carbonyl (C=O) groups excluding carboxylic acids is 3. The molecule has 178 valence electrons. The lowest BCUT2D eigenvalue weighted by molar-refractivity contribution is -0.122. The van der Waals surface area contributed by atoms with Crippen LogP contribution in [0.3, 0.4) is 0 Å². The van der Waals surface area contributed by atoms with E-state index in [1.807, 2.05) is 60.7 Å². The van der Waals surface area contributed by atoms with Crippen LogP contribution >= 0.6 is 31.9 Å². The van der Waals surface area contributed by atoms with E-state index in [9.17, 15) is 14.4 Å². The zero-order valence-corrected chi connectivity index (χ0v) is 21.9. The van der Waals surface area contributed by atoms with E-state index in [0.717, 1.165) is 11.1 Å². The molecular weight excluding hydrogens is 574 g/mol. The van der Waals surface area contributed by atoms with Crippen molar-refractivity contribution in [3.63, 3.8) is 0 Å². The normalized spacial score (nSPS) is 23.9. The summed E-state index contributed by atoms with van der Waals surface area (Å²) in [5, 5.41) is 0. The van der Waals surface area contributed by atoms with Crippen LogP contribution in [-0.2, 0) is 14.3 Å². The van der Waals surface area contributed by atoms with Gasteiger partial charge in [-0.3, -0.25) is 14.5 Å². The van der Waals surface area contributed by atoms with Crippen molar-refractivity contribution in [2.24, 2.45) is 11.8 Å². The van der Waals surface area contributed by atoms with Gasteiger partial charge in [0.25, 0.3) is 0 Å². The van der Waals surface area contributed by atoms with Crippen molar-refractivity contribution in [3.05, 3.63) is 102 Å². The molecule has 3 aromatic carbocycles. The van der Waals surface area contributed by atoms with Crippen molar-refractivity contribution >= 4 is 55.3 Å². The molecule has 3 aromatic rings. The first-order valence-corrected chi connectivity index (χ1v) is 13.3. The molecular formula is C28H23Br2NO4. The molecule has 4 atom stereocenters. The molecule has 0 bridgehead atoms. The van der Waals surface area contributed by atoms with Crippen molar-refractivity contribution in [1.82, 2.24) is 0 Å². The van der Waals surface area contributed by atoms with Gasteiger partial charge in [0.1, 0.15) is 0 Å². The Morgan fingerprint density at radius 3 is 1.66 bits per heavy atom. The highest BCUT2D eigenvalue weighted by Gasteiger charge is 2.52. The first-order chi connectivity index (χ1) is 16.9. The highest BCUT2D eigenvalue weighted by Crippen LogP contribution is 2.44. The number of halogens is 2. The quantitative estimate of drug-likeness (QED) is 0.204. The molecule has 5 rings (SSSR count). The molecule has 0 spiro atoms. The Labute approximate surface area is 220 Å². The van der Waals surface area contributed by atoms with Gasteiger partial charge in [0.15, 0.2) is 6.10 Å². The summed E-state index contributed by atoms with van der Waals surface area (Å²) in [7, 11) is 0. The topological polar surface area (TPSA) is 63.7 Å². The van der Waals surface area contributed by atoms with Gasteiger partial charge in [-0.25, -0.2) is 4.79 Å². The number of ether oxygens (including phenoxy) is 1. The van der Waals surface area contributed by atoms with E-state index < -0.39 is 12.1 Å². The van der Waals surface area contributed by atoms with Gasteiger partial charge < -0.3 is 4.74 Å². The van der Waals surface area contributed by atoms with Crippen LogP contribution in [-0.4, -0.2) is 27.4 Å². The van der Waals surface area contributed by atoms with Crippen LogP contribution < -0.4 is 4.90 Å². The van der Waals surface area contributed by atoms with Crippen LogP contribution in [0.4, 0.5) is 5.69 Å². The molecule has 0 aromatic heterocycles. The number of carbonyl (C=O) groups is 3. The Morgan fingerprint density at radius 1 is 0.743 bits per heavy atom. The van der Waals surface area contributed by atoms with Gasteiger partial charge in [-0.05, 0) is 48.2 Å². The number of fused-ring (bicyclic) bond motifs is 1. The summed E-state index contributed by atoms with van der Waals surface area (Å²) < 4.78 is 5.92. The maximum Gasteiger partial charge on any atom is 0.339 e. The average Bonchev–Trinajstić information content (AvgIpc) is 3.12. The predicted octanol–water partition coefficient (Wildman–Crippen LogP) is 6.06. The van der Waals surface area contributed by atoms with Crippen LogP contribution in [0.5, 0.6) is 0 Å². The predicted molar refractivity (Wildman–Crippen MR) is 141 cm³/mol. The number of anilines is 1. The van der Waals surface area contributed by atoms with E-state index in [-0.39, 0.29) is 33.3 Å². The van der Waals surface area contributed by atoms with Gasteiger partial charge in [0.05, 0.1) is 23.1 Å². The second kappa shape index (κ2) is 10.1. The number of esters is 1. The van der Waals surface area contributed by atoms with Crippen molar-refractivity contribution in [2.45, 2.75) is 28.6 Å². The fourth-order valence-corrected chi connectivity index (χ4v) is 6.09. The molecule has 1 saturated carbocycles. The van der Waals surface area contributed by atoms with Gasteiger partial charge in [-0.1, -0.05) is 92.5 Å². The van der Waals surface area contributed by atoms with Gasteiger partial charge in [0, 0.05) is 9.65 Å². The molecule has 35 heavy (non-hydrogen) atoms. The van der Waals surface area contributed by atoms with Crippen LogP contribution in [0.25, 0.3) is 0 Å². The van der Waals surface area contributed by atoms with Crippen LogP contribution in [0.2, 0.25) is 0 Å². The average molecular weight is 597 g/mol. The lowest BCUT2D eigenvalue weighted by atomic mass is 9.81. The van der Waals surface area contributed by atoms with Gasteiger partial charge in [-0.15, -0.1) is 0 Å². The highest BCUT2D eigenvalue weighted by atomic mass is 79.9. The highest BCUT2D eigenvalue weighted by molar-refractivity contribution is 9.12. The summed E-state index contributed by atoms with van der Waals surface area (Å²) in [6.07, 6.45) is 0.683. The summed E-state index contributed by atoms with van der Waals surface area (Å²) in [4.78, 5) is 40.8. The molecule has 2 aliphatic rings. The third-order valence-corrected chi connectivity index (χ3v) is 9.44. The first kappa shape index (κ1) is 23.9. The molecule has 1 aliphatic heterocycles. The largest absolute Gasteiger partial charge is 0.449 e. The number of amides is 2. The third kappa shape index (κ3) is 4.71. The Balaban J connectivity index is 1.35. The van der Waals surface area contributed by atoms with Gasteiger partial charge >= 0.3 is 5.97 Å². The van der Waals surface area contributed by atoms with E-state index in [2.05, 4.69) is 31.9 Å². The van der Waals surface area contributed by atoms with Crippen LogP contribution in [0.15, 0.2) is 84.9 Å². The maximum absolute atomic E-state index is 13.1.